The largest absolute Gasteiger partial charge is 0.478 e. The molecule has 0 aliphatic carbocycles. The number of aliphatic hydroxyl groups excluding tert-OH is 1. The monoisotopic (exact) mass is 268 g/mol. The van der Waals surface area contributed by atoms with Gasteiger partial charge in [0.25, 0.3) is 0 Å². The van der Waals surface area contributed by atoms with Gasteiger partial charge < -0.3 is 26.0 Å². The highest BCUT2D eigenvalue weighted by molar-refractivity contribution is 5.92. The molecule has 8 heteroatoms. The number of nitrogens with two attached hydrogens (primary N) is 1. The summed E-state index contributed by atoms with van der Waals surface area (Å²) in [5.74, 6) is -3.49. The van der Waals surface area contributed by atoms with Gasteiger partial charge >= 0.3 is 11.9 Å². The fourth-order valence-corrected chi connectivity index (χ4v) is 1.17. The van der Waals surface area contributed by atoms with Gasteiger partial charge in [0, 0.05) is 0 Å². The summed E-state index contributed by atoms with van der Waals surface area (Å²) in [5.41, 5.74) is 4.74. The van der Waals surface area contributed by atoms with E-state index in [1.54, 1.807) is 0 Å². The fourth-order valence-electron chi connectivity index (χ4n) is 1.17. The summed E-state index contributed by atoms with van der Waals surface area (Å²) < 4.78 is 4.69. The summed E-state index contributed by atoms with van der Waals surface area (Å²) in [6.07, 6.45) is -1.92. The standard InChI is InChI=1S/C11H12N2O6/c12-5-8(14)13-9(15)11(18)19-7-4-2-1-3-6(7)10(16)17/h1-4,9,15H,5,12H2,(H,13,14)(H,16,17). The molecule has 5 N–H and O–H groups in total. The quantitative estimate of drug-likeness (QED) is 0.295. The summed E-state index contributed by atoms with van der Waals surface area (Å²) >= 11 is 0. The lowest BCUT2D eigenvalue weighted by Gasteiger charge is -2.12. The summed E-state index contributed by atoms with van der Waals surface area (Å²) in [6.45, 7) is -0.407. The third-order valence-corrected chi connectivity index (χ3v) is 2.03. The van der Waals surface area contributed by atoms with E-state index in [4.69, 9.17) is 10.8 Å². The van der Waals surface area contributed by atoms with Crippen LogP contribution >= 0.6 is 0 Å². The predicted octanol–water partition coefficient (Wildman–Crippen LogP) is -1.32. The zero-order chi connectivity index (χ0) is 14.4. The zero-order valence-electron chi connectivity index (χ0n) is 9.70. The molecule has 0 aromatic heterocycles. The molecule has 0 spiro atoms. The SMILES string of the molecule is NCC(=O)NC(O)C(=O)Oc1ccccc1C(=O)O. The number of hydrogen-bond donors (Lipinski definition) is 4. The maximum atomic E-state index is 11.4. The van der Waals surface area contributed by atoms with Crippen LogP contribution in [0.5, 0.6) is 5.75 Å². The number of ether oxygens (including phenoxy) is 1. The molecule has 1 amide bonds. The molecule has 1 rings (SSSR count). The smallest absolute Gasteiger partial charge is 0.361 e. The van der Waals surface area contributed by atoms with Crippen LogP contribution < -0.4 is 15.8 Å². The van der Waals surface area contributed by atoms with Gasteiger partial charge in [0.2, 0.25) is 12.1 Å². The van der Waals surface area contributed by atoms with Gasteiger partial charge in [-0.05, 0) is 12.1 Å². The lowest BCUT2D eigenvalue weighted by Crippen LogP contribution is -2.45. The Hall–Kier alpha value is -2.45. The van der Waals surface area contributed by atoms with E-state index in [1.165, 1.54) is 24.3 Å². The number of carbonyl (C=O) groups excluding carboxylic acids is 2. The Bertz CT molecular complexity index is 502. The first-order chi connectivity index (χ1) is 8.95. The number of esters is 1. The van der Waals surface area contributed by atoms with Crippen LogP contribution in [-0.2, 0) is 9.59 Å². The van der Waals surface area contributed by atoms with Gasteiger partial charge in [0.1, 0.15) is 11.3 Å². The fraction of sp³-hybridized carbons (Fsp3) is 0.182. The molecular weight excluding hydrogens is 256 g/mol. The molecule has 102 valence electrons. The second-order valence-electron chi connectivity index (χ2n) is 3.40. The van der Waals surface area contributed by atoms with Crippen LogP contribution in [0.25, 0.3) is 0 Å². The van der Waals surface area contributed by atoms with E-state index in [9.17, 15) is 19.5 Å². The van der Waals surface area contributed by atoms with Crippen molar-refractivity contribution in [1.82, 2.24) is 5.32 Å². The van der Waals surface area contributed by atoms with E-state index in [2.05, 4.69) is 4.74 Å². The van der Waals surface area contributed by atoms with Crippen LogP contribution in [0.15, 0.2) is 24.3 Å². The number of benzene rings is 1. The Kier molecular flexibility index (Phi) is 4.98. The van der Waals surface area contributed by atoms with Gasteiger partial charge in [-0.2, -0.15) is 0 Å². The van der Waals surface area contributed by atoms with Crippen molar-refractivity contribution in [3.63, 3.8) is 0 Å². The van der Waals surface area contributed by atoms with E-state index in [1.807, 2.05) is 5.32 Å². The number of nitrogens with one attached hydrogen (secondary N) is 1. The maximum Gasteiger partial charge on any atom is 0.361 e. The van der Waals surface area contributed by atoms with Gasteiger partial charge in [0.05, 0.1) is 6.54 Å². The molecule has 8 nitrogen and oxygen atoms in total. The van der Waals surface area contributed by atoms with Crippen molar-refractivity contribution in [1.29, 1.82) is 0 Å². The second-order valence-corrected chi connectivity index (χ2v) is 3.40. The topological polar surface area (TPSA) is 139 Å². The lowest BCUT2D eigenvalue weighted by molar-refractivity contribution is -0.148. The number of aromatic carboxylic acids is 1. The normalized spacial score (nSPS) is 11.5. The number of hydrogen-bond acceptors (Lipinski definition) is 6. The Balaban J connectivity index is 2.77. The van der Waals surface area contributed by atoms with Crippen molar-refractivity contribution in [3.8, 4) is 5.75 Å². The Morgan fingerprint density at radius 2 is 1.95 bits per heavy atom. The average molecular weight is 268 g/mol. The van der Waals surface area contributed by atoms with Crippen molar-refractivity contribution >= 4 is 17.8 Å². The van der Waals surface area contributed by atoms with Crippen molar-refractivity contribution in [2.45, 2.75) is 6.23 Å². The Morgan fingerprint density at radius 3 is 2.53 bits per heavy atom. The molecular formula is C11H12N2O6. The van der Waals surface area contributed by atoms with Crippen LogP contribution in [0, 0.1) is 0 Å². The Morgan fingerprint density at radius 1 is 1.32 bits per heavy atom. The number of para-hydroxylation sites is 1. The third-order valence-electron chi connectivity index (χ3n) is 2.03. The van der Waals surface area contributed by atoms with Gasteiger partial charge in [-0.3, -0.25) is 4.79 Å². The molecule has 1 atom stereocenters. The summed E-state index contributed by atoms with van der Waals surface area (Å²) in [4.78, 5) is 33.1. The Labute approximate surface area is 107 Å². The lowest BCUT2D eigenvalue weighted by atomic mass is 10.2. The summed E-state index contributed by atoms with van der Waals surface area (Å²) in [5, 5.41) is 20.0. The first-order valence-corrected chi connectivity index (χ1v) is 5.17. The van der Waals surface area contributed by atoms with Crippen LogP contribution in [0.4, 0.5) is 0 Å². The highest BCUT2D eigenvalue weighted by Crippen LogP contribution is 2.18. The minimum absolute atomic E-state index is 0.235. The van der Waals surface area contributed by atoms with Crippen LogP contribution in [0.2, 0.25) is 0 Å². The van der Waals surface area contributed by atoms with Crippen molar-refractivity contribution in [2.24, 2.45) is 5.73 Å². The molecule has 0 saturated heterocycles. The third kappa shape index (κ3) is 4.05. The van der Waals surface area contributed by atoms with Crippen molar-refractivity contribution < 1.29 is 29.3 Å². The number of carbonyl (C=O) groups is 3. The molecule has 0 saturated carbocycles. The highest BCUT2D eigenvalue weighted by Gasteiger charge is 2.21. The zero-order valence-corrected chi connectivity index (χ0v) is 9.70. The first-order valence-electron chi connectivity index (χ1n) is 5.17. The second kappa shape index (κ2) is 6.47. The molecule has 0 aliphatic heterocycles. The van der Waals surface area contributed by atoms with E-state index in [0.29, 0.717) is 0 Å². The number of carboxylic acid groups (broad SMARTS) is 1. The average Bonchev–Trinajstić information content (AvgIpc) is 2.38. The van der Waals surface area contributed by atoms with Gasteiger partial charge in [-0.25, -0.2) is 9.59 Å². The van der Waals surface area contributed by atoms with E-state index in [0.717, 1.165) is 0 Å². The summed E-state index contributed by atoms with van der Waals surface area (Å²) in [6, 6.07) is 5.39. The molecule has 0 heterocycles. The van der Waals surface area contributed by atoms with Gasteiger partial charge in [-0.15, -0.1) is 0 Å². The molecule has 0 bridgehead atoms. The maximum absolute atomic E-state index is 11.4. The first kappa shape index (κ1) is 14.6. The van der Waals surface area contributed by atoms with Crippen LogP contribution in [0.3, 0.4) is 0 Å². The van der Waals surface area contributed by atoms with Gasteiger partial charge in [-0.1, -0.05) is 12.1 Å². The molecule has 0 fully saturated rings. The van der Waals surface area contributed by atoms with E-state index in [-0.39, 0.29) is 11.3 Å². The van der Waals surface area contributed by atoms with Crippen LogP contribution in [0.1, 0.15) is 10.4 Å². The van der Waals surface area contributed by atoms with Gasteiger partial charge in [0.15, 0.2) is 0 Å². The summed E-state index contributed by atoms with van der Waals surface area (Å²) in [7, 11) is 0. The van der Waals surface area contributed by atoms with E-state index < -0.39 is 30.6 Å². The number of amides is 1. The molecule has 0 radical (unpaired) electrons. The molecule has 1 unspecified atom stereocenters. The minimum atomic E-state index is -1.92. The molecule has 1 aromatic carbocycles. The van der Waals surface area contributed by atoms with Crippen LogP contribution in [-0.4, -0.2) is 40.8 Å². The molecule has 0 aliphatic rings. The molecule has 1 aromatic rings. The number of aliphatic hydroxyl groups is 1. The number of rotatable bonds is 5. The molecule has 19 heavy (non-hydrogen) atoms. The number of carboxylic acids is 1. The predicted molar refractivity (Wildman–Crippen MR) is 62.2 cm³/mol. The minimum Gasteiger partial charge on any atom is -0.478 e. The highest BCUT2D eigenvalue weighted by atomic mass is 16.6. The van der Waals surface area contributed by atoms with Crippen molar-refractivity contribution in [3.05, 3.63) is 29.8 Å². The van der Waals surface area contributed by atoms with E-state index >= 15 is 0 Å². The van der Waals surface area contributed by atoms with Crippen molar-refractivity contribution in [2.75, 3.05) is 6.54 Å².